The van der Waals surface area contributed by atoms with Crippen molar-refractivity contribution in [3.05, 3.63) is 23.3 Å². The number of hydrogen-bond donors (Lipinski definition) is 3. The molecule has 0 aromatic heterocycles. The Kier molecular flexibility index (Phi) is 9.65. The largest absolute Gasteiger partial charge is 0.506 e. The number of carboxylic acid groups (broad SMARTS) is 1. The Morgan fingerprint density at radius 1 is 0.923 bits per heavy atom. The monoisotopic (exact) mass is 386 g/mol. The first kappa shape index (κ1) is 22.4. The number of aromatic carboxylic acids is 1. The maximum atomic E-state index is 11.5. The summed E-state index contributed by atoms with van der Waals surface area (Å²) in [5.41, 5.74) is -0.293. The molecule has 0 aliphatic rings. The SMILES string of the molecule is CCCCCCCCCCCCc1ccc(C(=O)O)c(O)c1S(=O)(=O)O. The Morgan fingerprint density at radius 3 is 1.88 bits per heavy atom. The number of aryl methyl sites for hydroxylation is 1. The van der Waals surface area contributed by atoms with E-state index in [1.807, 2.05) is 0 Å². The molecule has 1 aromatic carbocycles. The fourth-order valence-corrected chi connectivity index (χ4v) is 3.93. The average molecular weight is 387 g/mol. The van der Waals surface area contributed by atoms with Crippen molar-refractivity contribution in [2.24, 2.45) is 0 Å². The van der Waals surface area contributed by atoms with Crippen molar-refractivity contribution in [1.82, 2.24) is 0 Å². The molecule has 26 heavy (non-hydrogen) atoms. The summed E-state index contributed by atoms with van der Waals surface area (Å²) in [6.07, 6.45) is 11.7. The van der Waals surface area contributed by atoms with E-state index in [1.54, 1.807) is 0 Å². The van der Waals surface area contributed by atoms with Gasteiger partial charge in [0.1, 0.15) is 10.5 Å². The third-order valence-corrected chi connectivity index (χ3v) is 5.47. The van der Waals surface area contributed by atoms with Crippen LogP contribution in [0.15, 0.2) is 17.0 Å². The van der Waals surface area contributed by atoms with E-state index < -0.39 is 32.3 Å². The van der Waals surface area contributed by atoms with Gasteiger partial charge in [0.2, 0.25) is 0 Å². The second kappa shape index (κ2) is 11.2. The highest BCUT2D eigenvalue weighted by Crippen LogP contribution is 2.31. The van der Waals surface area contributed by atoms with Gasteiger partial charge in [0, 0.05) is 0 Å². The summed E-state index contributed by atoms with van der Waals surface area (Å²) in [5, 5.41) is 18.9. The highest BCUT2D eigenvalue weighted by molar-refractivity contribution is 7.86. The average Bonchev–Trinajstić information content (AvgIpc) is 2.55. The fourth-order valence-electron chi connectivity index (χ4n) is 3.07. The molecule has 0 atom stereocenters. The maximum absolute atomic E-state index is 11.5. The first-order chi connectivity index (χ1) is 12.3. The van der Waals surface area contributed by atoms with E-state index in [4.69, 9.17) is 5.11 Å². The van der Waals surface area contributed by atoms with Crippen molar-refractivity contribution in [2.75, 3.05) is 0 Å². The van der Waals surface area contributed by atoms with Crippen molar-refractivity contribution < 1.29 is 28.0 Å². The molecule has 0 unspecified atom stereocenters. The Labute approximate surface area is 156 Å². The second-order valence-electron chi connectivity index (χ2n) is 6.66. The quantitative estimate of drug-likeness (QED) is 0.331. The lowest BCUT2D eigenvalue weighted by Gasteiger charge is -2.11. The maximum Gasteiger partial charge on any atom is 0.339 e. The summed E-state index contributed by atoms with van der Waals surface area (Å²) in [6.45, 7) is 2.20. The van der Waals surface area contributed by atoms with Gasteiger partial charge >= 0.3 is 5.97 Å². The van der Waals surface area contributed by atoms with Crippen LogP contribution in [0, 0.1) is 0 Å². The van der Waals surface area contributed by atoms with E-state index in [0.717, 1.165) is 25.3 Å². The van der Waals surface area contributed by atoms with Crippen LogP contribution in [-0.2, 0) is 16.5 Å². The van der Waals surface area contributed by atoms with E-state index in [2.05, 4.69) is 6.92 Å². The zero-order valence-corrected chi connectivity index (χ0v) is 16.2. The van der Waals surface area contributed by atoms with Crippen molar-refractivity contribution >= 4 is 16.1 Å². The molecular weight excluding hydrogens is 356 g/mol. The van der Waals surface area contributed by atoms with E-state index in [9.17, 15) is 22.9 Å². The van der Waals surface area contributed by atoms with Gasteiger partial charge in [0.15, 0.2) is 5.75 Å². The van der Waals surface area contributed by atoms with Crippen LogP contribution in [0.4, 0.5) is 0 Å². The summed E-state index contributed by atoms with van der Waals surface area (Å²) in [7, 11) is -4.70. The zero-order valence-electron chi connectivity index (χ0n) is 15.4. The number of unbranched alkanes of at least 4 members (excludes halogenated alkanes) is 9. The molecular formula is C19H30O6S. The van der Waals surface area contributed by atoms with Crippen molar-refractivity contribution in [1.29, 1.82) is 0 Å². The van der Waals surface area contributed by atoms with Crippen LogP contribution in [-0.4, -0.2) is 29.2 Å². The molecule has 0 heterocycles. The highest BCUT2D eigenvalue weighted by Gasteiger charge is 2.25. The Balaban J connectivity index is 2.50. The number of rotatable bonds is 13. The molecule has 0 saturated carbocycles. The molecule has 0 bridgehead atoms. The molecule has 148 valence electrons. The van der Waals surface area contributed by atoms with Crippen molar-refractivity contribution in [3.63, 3.8) is 0 Å². The molecule has 7 heteroatoms. The van der Waals surface area contributed by atoms with Gasteiger partial charge in [-0.2, -0.15) is 8.42 Å². The minimum Gasteiger partial charge on any atom is -0.506 e. The van der Waals surface area contributed by atoms with E-state index in [0.29, 0.717) is 12.8 Å². The molecule has 0 saturated heterocycles. The molecule has 1 aromatic rings. The Bertz CT molecular complexity index is 682. The third kappa shape index (κ3) is 7.33. The Hall–Kier alpha value is -1.60. The number of aromatic hydroxyl groups is 1. The molecule has 0 radical (unpaired) electrons. The summed E-state index contributed by atoms with van der Waals surface area (Å²) in [5.74, 6) is -2.34. The minimum absolute atomic E-state index is 0.245. The lowest BCUT2D eigenvalue weighted by atomic mass is 10.0. The van der Waals surface area contributed by atoms with Crippen molar-refractivity contribution in [3.8, 4) is 5.75 Å². The van der Waals surface area contributed by atoms with Gasteiger partial charge in [0.05, 0.1) is 0 Å². The molecule has 0 aliphatic heterocycles. The van der Waals surface area contributed by atoms with Crippen LogP contribution in [0.25, 0.3) is 0 Å². The van der Waals surface area contributed by atoms with Crippen LogP contribution in [0.1, 0.15) is 87.1 Å². The van der Waals surface area contributed by atoms with Crippen LogP contribution in [0.5, 0.6) is 5.75 Å². The number of carboxylic acids is 1. The fraction of sp³-hybridized carbons (Fsp3) is 0.632. The minimum atomic E-state index is -4.70. The predicted molar refractivity (Wildman–Crippen MR) is 100 cm³/mol. The lowest BCUT2D eigenvalue weighted by Crippen LogP contribution is -2.08. The van der Waals surface area contributed by atoms with Gasteiger partial charge in [-0.25, -0.2) is 4.79 Å². The summed E-state index contributed by atoms with van der Waals surface area (Å²) >= 11 is 0. The van der Waals surface area contributed by atoms with Gasteiger partial charge in [-0.3, -0.25) is 4.55 Å². The van der Waals surface area contributed by atoms with Gasteiger partial charge in [0.25, 0.3) is 10.1 Å². The Morgan fingerprint density at radius 2 is 1.42 bits per heavy atom. The molecule has 1 rings (SSSR count). The van der Waals surface area contributed by atoms with Crippen LogP contribution in [0.3, 0.4) is 0 Å². The van der Waals surface area contributed by atoms with Crippen molar-refractivity contribution in [2.45, 2.75) is 82.4 Å². The first-order valence-corrected chi connectivity index (χ1v) is 10.8. The van der Waals surface area contributed by atoms with Gasteiger partial charge in [-0.1, -0.05) is 70.8 Å². The van der Waals surface area contributed by atoms with Crippen LogP contribution < -0.4 is 0 Å². The van der Waals surface area contributed by atoms with E-state index in [1.165, 1.54) is 44.6 Å². The summed E-state index contributed by atoms with van der Waals surface area (Å²) < 4.78 is 32.4. The molecule has 6 nitrogen and oxygen atoms in total. The first-order valence-electron chi connectivity index (χ1n) is 9.34. The topological polar surface area (TPSA) is 112 Å². The molecule has 0 fully saturated rings. The highest BCUT2D eigenvalue weighted by atomic mass is 32.2. The third-order valence-electron chi connectivity index (χ3n) is 4.50. The smallest absolute Gasteiger partial charge is 0.339 e. The van der Waals surface area contributed by atoms with Gasteiger partial charge in [-0.15, -0.1) is 0 Å². The summed E-state index contributed by atoms with van der Waals surface area (Å²) in [4.78, 5) is 10.3. The number of benzene rings is 1. The number of hydrogen-bond acceptors (Lipinski definition) is 4. The molecule has 0 aliphatic carbocycles. The molecule has 3 N–H and O–H groups in total. The zero-order chi connectivity index (χ0) is 19.6. The van der Waals surface area contributed by atoms with Crippen LogP contribution in [0.2, 0.25) is 0 Å². The molecule has 0 spiro atoms. The number of carbonyl (C=O) groups is 1. The van der Waals surface area contributed by atoms with Gasteiger partial charge < -0.3 is 10.2 Å². The number of phenols is 1. The normalized spacial score (nSPS) is 11.6. The molecule has 0 amide bonds. The lowest BCUT2D eigenvalue weighted by molar-refractivity contribution is 0.0693. The second-order valence-corrected chi connectivity index (χ2v) is 8.02. The van der Waals surface area contributed by atoms with E-state index >= 15 is 0 Å². The standard InChI is InChI=1S/C19H30O6S/c1-2-3-4-5-6-7-8-9-10-11-12-15-13-14-16(19(21)22)17(20)18(15)26(23,24)25/h13-14,20H,2-12H2,1H3,(H,21,22)(H,23,24,25). The summed E-state index contributed by atoms with van der Waals surface area (Å²) in [6, 6.07) is 2.51. The predicted octanol–water partition coefficient (Wildman–Crippen LogP) is 4.80. The van der Waals surface area contributed by atoms with Gasteiger partial charge in [-0.05, 0) is 24.5 Å². The van der Waals surface area contributed by atoms with Crippen LogP contribution >= 0.6 is 0 Å². The van der Waals surface area contributed by atoms with E-state index in [-0.39, 0.29) is 5.56 Å².